The maximum atomic E-state index is 12.4. The predicted octanol–water partition coefficient (Wildman–Crippen LogP) is 2.40. The second kappa shape index (κ2) is 3.45. The van der Waals surface area contributed by atoms with E-state index >= 15 is 0 Å². The van der Waals surface area contributed by atoms with Crippen LogP contribution < -0.4 is 5.46 Å². The number of oxazole rings is 1. The second-order valence-electron chi connectivity index (χ2n) is 3.04. The smallest absolute Gasteiger partial charge is 0.445 e. The summed E-state index contributed by atoms with van der Waals surface area (Å²) in [5.74, 6) is 0.192. The van der Waals surface area contributed by atoms with Crippen molar-refractivity contribution < 1.29 is 17.4 Å². The lowest BCUT2D eigenvalue weighted by Gasteiger charge is -2.14. The Balaban J connectivity index is 2.44. The van der Waals surface area contributed by atoms with Crippen molar-refractivity contribution in [2.24, 2.45) is 0 Å². The quantitative estimate of drug-likeness (QED) is 0.714. The van der Waals surface area contributed by atoms with E-state index in [9.17, 15) is 12.9 Å². The maximum absolute atomic E-state index is 12.4. The van der Waals surface area contributed by atoms with Gasteiger partial charge in [0.1, 0.15) is 6.26 Å². The third kappa shape index (κ3) is 2.03. The summed E-state index contributed by atoms with van der Waals surface area (Å²) in [7, 11) is 0. The molecule has 15 heavy (non-hydrogen) atoms. The van der Waals surface area contributed by atoms with Gasteiger partial charge in [0, 0.05) is 5.56 Å². The van der Waals surface area contributed by atoms with E-state index in [1.807, 2.05) is 0 Å². The Bertz CT molecular complexity index is 453. The third-order valence-electron chi connectivity index (χ3n) is 1.94. The van der Waals surface area contributed by atoms with Gasteiger partial charge in [-0.25, -0.2) is 4.98 Å². The molecule has 0 N–H and O–H groups in total. The van der Waals surface area contributed by atoms with Crippen LogP contribution in [0.3, 0.4) is 0 Å². The lowest BCUT2D eigenvalue weighted by Crippen LogP contribution is -2.33. The Morgan fingerprint density at radius 2 is 2.00 bits per heavy atom. The zero-order chi connectivity index (χ0) is 10.9. The van der Waals surface area contributed by atoms with Crippen molar-refractivity contribution in [2.75, 3.05) is 0 Å². The molecule has 0 aliphatic rings. The van der Waals surface area contributed by atoms with Crippen LogP contribution >= 0.6 is 0 Å². The molecule has 6 heteroatoms. The Kier molecular flexibility index (Phi) is 2.26. The van der Waals surface area contributed by atoms with Crippen LogP contribution in [0, 0.1) is 0 Å². The Morgan fingerprint density at radius 1 is 1.20 bits per heavy atom. The molecule has 0 fully saturated rings. The molecule has 0 atom stereocenters. The minimum Gasteiger partial charge on any atom is -0.445 e. The number of halogens is 3. The van der Waals surface area contributed by atoms with Gasteiger partial charge in [-0.3, -0.25) is 0 Å². The van der Waals surface area contributed by atoms with Crippen molar-refractivity contribution in [3.05, 3.63) is 36.7 Å². The highest BCUT2D eigenvalue weighted by molar-refractivity contribution is 6.73. The summed E-state index contributed by atoms with van der Waals surface area (Å²) in [6.07, 6.45) is 2.71. The number of rotatable bonds is 2. The van der Waals surface area contributed by atoms with E-state index in [1.165, 1.54) is 24.6 Å². The average Bonchev–Trinajstić information content (AvgIpc) is 2.69. The number of hydrogen-bond donors (Lipinski definition) is 0. The topological polar surface area (TPSA) is 26.0 Å². The van der Waals surface area contributed by atoms with Gasteiger partial charge in [-0.2, -0.15) is 0 Å². The molecule has 0 saturated heterocycles. The lowest BCUT2D eigenvalue weighted by atomic mass is 9.79. The largest absolute Gasteiger partial charge is 0.509 e. The molecule has 0 saturated carbocycles. The molecule has 2 nitrogen and oxygen atoms in total. The molecule has 1 aromatic carbocycles. The van der Waals surface area contributed by atoms with Crippen LogP contribution in [0.2, 0.25) is 0 Å². The predicted molar refractivity (Wildman–Crippen MR) is 50.7 cm³/mol. The number of aromatic nitrogens is 1. The van der Waals surface area contributed by atoms with E-state index < -0.39 is 12.4 Å². The first-order valence-corrected chi connectivity index (χ1v) is 4.27. The Hall–Kier alpha value is -1.72. The van der Waals surface area contributed by atoms with Crippen LogP contribution in [0.4, 0.5) is 12.9 Å². The highest BCUT2D eigenvalue weighted by Gasteiger charge is 2.25. The van der Waals surface area contributed by atoms with Crippen molar-refractivity contribution in [1.29, 1.82) is 0 Å². The van der Waals surface area contributed by atoms with Gasteiger partial charge in [0.25, 0.3) is 0 Å². The molecule has 0 aliphatic heterocycles. The summed E-state index contributed by atoms with van der Waals surface area (Å²) < 4.78 is 42.2. The van der Waals surface area contributed by atoms with Gasteiger partial charge in [0.15, 0.2) is 0 Å². The second-order valence-corrected chi connectivity index (χ2v) is 3.04. The van der Waals surface area contributed by atoms with Gasteiger partial charge in [0.2, 0.25) is 5.89 Å². The van der Waals surface area contributed by atoms with E-state index in [2.05, 4.69) is 4.98 Å². The van der Waals surface area contributed by atoms with Crippen LogP contribution in [0.25, 0.3) is 11.5 Å². The van der Waals surface area contributed by atoms with Crippen molar-refractivity contribution in [3.63, 3.8) is 0 Å². The summed E-state index contributed by atoms with van der Waals surface area (Å²) in [4.78, 5) is 3.78. The fourth-order valence-corrected chi connectivity index (χ4v) is 1.24. The van der Waals surface area contributed by atoms with Gasteiger partial charge in [0.05, 0.1) is 6.20 Å². The van der Waals surface area contributed by atoms with E-state index in [4.69, 9.17) is 4.42 Å². The van der Waals surface area contributed by atoms with E-state index in [-0.39, 0.29) is 5.89 Å². The molecule has 0 unspecified atom stereocenters. The zero-order valence-corrected chi connectivity index (χ0v) is 7.53. The molecule has 0 spiro atoms. The highest BCUT2D eigenvalue weighted by Crippen LogP contribution is 2.17. The molecule has 2 aromatic rings. The van der Waals surface area contributed by atoms with Crippen molar-refractivity contribution >= 4 is 12.4 Å². The van der Waals surface area contributed by atoms with Crippen LogP contribution in [-0.2, 0) is 0 Å². The molecule has 2 rings (SSSR count). The summed E-state index contributed by atoms with van der Waals surface area (Å²) in [5, 5.41) is 0. The van der Waals surface area contributed by atoms with E-state index in [0.29, 0.717) is 5.56 Å². The van der Waals surface area contributed by atoms with Crippen molar-refractivity contribution in [3.8, 4) is 11.5 Å². The summed E-state index contributed by atoms with van der Waals surface area (Å²) in [6, 6.07) is 4.93. The standard InChI is InChI=1S/C9H6BF3NO/c11-10(12,13)8-3-1-2-7(6-8)9-14-4-5-15-9/h1-6H/q-1. The summed E-state index contributed by atoms with van der Waals surface area (Å²) in [6.45, 7) is -4.98. The van der Waals surface area contributed by atoms with E-state index in [0.717, 1.165) is 12.1 Å². The number of benzene rings is 1. The molecule has 1 heterocycles. The summed E-state index contributed by atoms with van der Waals surface area (Å²) in [5.41, 5.74) is -0.317. The third-order valence-corrected chi connectivity index (χ3v) is 1.94. The van der Waals surface area contributed by atoms with Crippen LogP contribution in [-0.4, -0.2) is 12.0 Å². The Morgan fingerprint density at radius 3 is 2.60 bits per heavy atom. The first-order chi connectivity index (χ1) is 7.07. The first-order valence-electron chi connectivity index (χ1n) is 4.27. The molecular weight excluding hydrogens is 206 g/mol. The molecule has 1 aromatic heterocycles. The molecule has 78 valence electrons. The average molecular weight is 212 g/mol. The van der Waals surface area contributed by atoms with Crippen LogP contribution in [0.1, 0.15) is 0 Å². The van der Waals surface area contributed by atoms with Crippen molar-refractivity contribution in [1.82, 2.24) is 4.98 Å². The van der Waals surface area contributed by atoms with Crippen LogP contribution in [0.15, 0.2) is 41.1 Å². The normalized spacial score (nSPS) is 11.7. The SMILES string of the molecule is F[B-](F)(F)c1cccc(-c2ncco2)c1. The Labute approximate surface area is 83.8 Å². The molecule has 0 radical (unpaired) electrons. The fraction of sp³-hybridized carbons (Fsp3) is 0. The highest BCUT2D eigenvalue weighted by atomic mass is 19.4. The fourth-order valence-electron chi connectivity index (χ4n) is 1.24. The van der Waals surface area contributed by atoms with Crippen molar-refractivity contribution in [2.45, 2.75) is 0 Å². The van der Waals surface area contributed by atoms with Gasteiger partial charge in [-0.15, -0.1) is 5.46 Å². The molecule has 0 bridgehead atoms. The van der Waals surface area contributed by atoms with Gasteiger partial charge >= 0.3 is 6.98 Å². The van der Waals surface area contributed by atoms with Gasteiger partial charge < -0.3 is 17.4 Å². The maximum Gasteiger partial charge on any atom is 0.509 e. The minimum absolute atomic E-state index is 0.192. The minimum atomic E-state index is -4.98. The first kappa shape index (κ1) is 9.83. The van der Waals surface area contributed by atoms with E-state index in [1.54, 1.807) is 0 Å². The van der Waals surface area contributed by atoms with Crippen LogP contribution in [0.5, 0.6) is 0 Å². The number of nitrogens with zero attached hydrogens (tertiary/aromatic N) is 1. The molecule has 0 aliphatic carbocycles. The molecule has 0 amide bonds. The zero-order valence-electron chi connectivity index (χ0n) is 7.53. The number of hydrogen-bond acceptors (Lipinski definition) is 2. The summed E-state index contributed by atoms with van der Waals surface area (Å²) >= 11 is 0. The van der Waals surface area contributed by atoms with Gasteiger partial charge in [-0.05, 0) is 6.07 Å². The van der Waals surface area contributed by atoms with Gasteiger partial charge in [-0.1, -0.05) is 18.2 Å². The molecular formula is C9H6BF3NO-. The lowest BCUT2D eigenvalue weighted by molar-refractivity contribution is 0.501. The monoisotopic (exact) mass is 212 g/mol.